The van der Waals surface area contributed by atoms with Crippen molar-refractivity contribution in [2.45, 2.75) is 31.2 Å². The normalized spacial score (nSPS) is 17.4. The second kappa shape index (κ2) is 4.86. The number of nitrogens with two attached hydrogens (primary N) is 1. The average Bonchev–Trinajstić information content (AvgIpc) is 3.09. The maximum atomic E-state index is 13.4. The second-order valence-electron chi connectivity index (χ2n) is 5.14. The molecule has 0 bridgehead atoms. The molecule has 0 unspecified atom stereocenters. The molecule has 3 rings (SSSR count). The summed E-state index contributed by atoms with van der Waals surface area (Å²) in [4.78, 5) is 4.36. The van der Waals surface area contributed by atoms with Crippen molar-refractivity contribution in [3.05, 3.63) is 29.8 Å². The first kappa shape index (κ1) is 13.1. The lowest BCUT2D eigenvalue weighted by molar-refractivity contribution is 0.371. The van der Waals surface area contributed by atoms with E-state index in [-0.39, 0.29) is 5.75 Å². The monoisotopic (exact) mass is 277 g/mol. The highest BCUT2D eigenvalue weighted by Crippen LogP contribution is 2.35. The molecule has 1 fully saturated rings. The van der Waals surface area contributed by atoms with E-state index >= 15 is 0 Å². The van der Waals surface area contributed by atoms with E-state index in [0.717, 1.165) is 25.7 Å². The van der Waals surface area contributed by atoms with Crippen LogP contribution < -0.4 is 10.5 Å². The van der Waals surface area contributed by atoms with Gasteiger partial charge in [0, 0.05) is 5.56 Å². The highest BCUT2D eigenvalue weighted by Gasteiger charge is 2.36. The van der Waals surface area contributed by atoms with E-state index < -0.39 is 11.4 Å². The van der Waals surface area contributed by atoms with Gasteiger partial charge in [0.05, 0.1) is 12.6 Å². The third-order valence-electron chi connectivity index (χ3n) is 3.77. The third-order valence-corrected chi connectivity index (χ3v) is 3.77. The van der Waals surface area contributed by atoms with Gasteiger partial charge < -0.3 is 15.0 Å². The molecule has 2 N–H and O–H groups in total. The van der Waals surface area contributed by atoms with Gasteiger partial charge in [-0.25, -0.2) is 4.39 Å². The number of aromatic nitrogens is 2. The molecule has 1 aromatic heterocycles. The summed E-state index contributed by atoms with van der Waals surface area (Å²) in [5.74, 6) is 0.566. The first-order valence-electron chi connectivity index (χ1n) is 6.59. The van der Waals surface area contributed by atoms with Crippen molar-refractivity contribution in [3.63, 3.8) is 0 Å². The maximum absolute atomic E-state index is 13.4. The smallest absolute Gasteiger partial charge is 0.258 e. The predicted molar refractivity (Wildman–Crippen MR) is 70.6 cm³/mol. The Balaban J connectivity index is 1.94. The number of ether oxygens (including phenoxy) is 1. The standard InChI is InChI=1S/C14H16FN3O2/c1-19-11-8-9(4-5-10(11)15)12-17-13(18-20-12)14(16)6-2-3-7-14/h4-5,8H,2-3,6-7,16H2,1H3. The lowest BCUT2D eigenvalue weighted by atomic mass is 9.99. The number of hydrogen-bond acceptors (Lipinski definition) is 5. The summed E-state index contributed by atoms with van der Waals surface area (Å²) in [6.07, 6.45) is 3.87. The SMILES string of the molecule is COc1cc(-c2nc(C3(N)CCCC3)no2)ccc1F. The van der Waals surface area contributed by atoms with Gasteiger partial charge in [-0.05, 0) is 31.0 Å². The molecular formula is C14H16FN3O2. The molecule has 1 aliphatic carbocycles. The van der Waals surface area contributed by atoms with Gasteiger partial charge in [-0.3, -0.25) is 0 Å². The molecule has 0 amide bonds. The summed E-state index contributed by atoms with van der Waals surface area (Å²) in [7, 11) is 1.41. The Hall–Kier alpha value is -1.95. The summed E-state index contributed by atoms with van der Waals surface area (Å²) in [5.41, 5.74) is 6.40. The predicted octanol–water partition coefficient (Wildman–Crippen LogP) is 2.61. The van der Waals surface area contributed by atoms with Crippen LogP contribution in [0, 0.1) is 5.82 Å². The topological polar surface area (TPSA) is 74.2 Å². The Morgan fingerprint density at radius 3 is 2.80 bits per heavy atom. The lowest BCUT2D eigenvalue weighted by Crippen LogP contribution is -2.34. The van der Waals surface area contributed by atoms with Crippen LogP contribution in [0.5, 0.6) is 5.75 Å². The van der Waals surface area contributed by atoms with Crippen molar-refractivity contribution in [3.8, 4) is 17.2 Å². The minimum Gasteiger partial charge on any atom is -0.494 e. The average molecular weight is 277 g/mol. The summed E-state index contributed by atoms with van der Waals surface area (Å²) in [5, 5.41) is 3.98. The highest BCUT2D eigenvalue weighted by molar-refractivity contribution is 5.56. The van der Waals surface area contributed by atoms with Gasteiger partial charge in [-0.1, -0.05) is 18.0 Å². The van der Waals surface area contributed by atoms with Crippen LogP contribution in [0.1, 0.15) is 31.5 Å². The number of hydrogen-bond donors (Lipinski definition) is 1. The van der Waals surface area contributed by atoms with Gasteiger partial charge >= 0.3 is 0 Å². The van der Waals surface area contributed by atoms with Crippen LogP contribution >= 0.6 is 0 Å². The van der Waals surface area contributed by atoms with E-state index in [4.69, 9.17) is 15.0 Å². The van der Waals surface area contributed by atoms with Crippen LogP contribution in [-0.2, 0) is 5.54 Å². The van der Waals surface area contributed by atoms with E-state index in [0.29, 0.717) is 17.3 Å². The largest absolute Gasteiger partial charge is 0.494 e. The number of rotatable bonds is 3. The molecule has 106 valence electrons. The Labute approximate surface area is 115 Å². The van der Waals surface area contributed by atoms with Gasteiger partial charge in [0.1, 0.15) is 0 Å². The van der Waals surface area contributed by atoms with Gasteiger partial charge in [0.15, 0.2) is 17.4 Å². The fourth-order valence-electron chi connectivity index (χ4n) is 2.57. The minimum absolute atomic E-state index is 0.144. The van der Waals surface area contributed by atoms with Crippen LogP contribution in [0.3, 0.4) is 0 Å². The first-order chi connectivity index (χ1) is 9.62. The molecule has 2 aromatic rings. The molecule has 6 heteroatoms. The number of nitrogens with zero attached hydrogens (tertiary/aromatic N) is 2. The molecule has 1 aromatic carbocycles. The third kappa shape index (κ3) is 2.16. The highest BCUT2D eigenvalue weighted by atomic mass is 19.1. The van der Waals surface area contributed by atoms with Crippen LogP contribution in [0.25, 0.3) is 11.5 Å². The van der Waals surface area contributed by atoms with Crippen LogP contribution in [-0.4, -0.2) is 17.3 Å². The van der Waals surface area contributed by atoms with Crippen LogP contribution in [0.15, 0.2) is 22.7 Å². The molecule has 20 heavy (non-hydrogen) atoms. The molecule has 1 heterocycles. The summed E-state index contributed by atoms with van der Waals surface area (Å²) in [6, 6.07) is 4.42. The van der Waals surface area contributed by atoms with E-state index in [1.165, 1.54) is 19.2 Å². The number of halogens is 1. The molecular weight excluding hydrogens is 261 g/mol. The van der Waals surface area contributed by atoms with Gasteiger partial charge in [0.2, 0.25) is 0 Å². The van der Waals surface area contributed by atoms with Crippen LogP contribution in [0.2, 0.25) is 0 Å². The Kier molecular flexibility index (Phi) is 3.17. The molecule has 0 atom stereocenters. The molecule has 0 spiro atoms. The Morgan fingerprint density at radius 2 is 2.10 bits per heavy atom. The van der Waals surface area contributed by atoms with E-state index in [1.54, 1.807) is 6.07 Å². The lowest BCUT2D eigenvalue weighted by Gasteiger charge is -2.17. The van der Waals surface area contributed by atoms with Gasteiger partial charge in [-0.2, -0.15) is 4.98 Å². The van der Waals surface area contributed by atoms with Crippen molar-refractivity contribution in [1.29, 1.82) is 0 Å². The van der Waals surface area contributed by atoms with Crippen molar-refractivity contribution >= 4 is 0 Å². The Bertz CT molecular complexity index is 621. The van der Waals surface area contributed by atoms with Crippen molar-refractivity contribution < 1.29 is 13.7 Å². The van der Waals surface area contributed by atoms with E-state index in [9.17, 15) is 4.39 Å². The minimum atomic E-state index is -0.494. The van der Waals surface area contributed by atoms with E-state index in [1.807, 2.05) is 0 Å². The van der Waals surface area contributed by atoms with Gasteiger partial charge in [0.25, 0.3) is 5.89 Å². The van der Waals surface area contributed by atoms with Crippen molar-refractivity contribution in [1.82, 2.24) is 10.1 Å². The zero-order valence-electron chi connectivity index (χ0n) is 11.2. The van der Waals surface area contributed by atoms with Crippen molar-refractivity contribution in [2.24, 2.45) is 5.73 Å². The van der Waals surface area contributed by atoms with Gasteiger partial charge in [-0.15, -0.1) is 0 Å². The first-order valence-corrected chi connectivity index (χ1v) is 6.59. The fraction of sp³-hybridized carbons (Fsp3) is 0.429. The molecule has 0 radical (unpaired) electrons. The summed E-state index contributed by atoms with van der Waals surface area (Å²) < 4.78 is 23.6. The quantitative estimate of drug-likeness (QED) is 0.933. The molecule has 1 saturated carbocycles. The molecule has 5 nitrogen and oxygen atoms in total. The Morgan fingerprint density at radius 1 is 1.35 bits per heavy atom. The molecule has 0 aliphatic heterocycles. The summed E-state index contributed by atoms with van der Waals surface area (Å²) >= 11 is 0. The molecule has 0 saturated heterocycles. The van der Waals surface area contributed by atoms with Crippen molar-refractivity contribution in [2.75, 3.05) is 7.11 Å². The van der Waals surface area contributed by atoms with E-state index in [2.05, 4.69) is 10.1 Å². The second-order valence-corrected chi connectivity index (χ2v) is 5.14. The fourth-order valence-corrected chi connectivity index (χ4v) is 2.57. The number of methoxy groups -OCH3 is 1. The maximum Gasteiger partial charge on any atom is 0.258 e. The molecule has 1 aliphatic rings. The number of benzene rings is 1. The summed E-state index contributed by atoms with van der Waals surface area (Å²) in [6.45, 7) is 0. The van der Waals surface area contributed by atoms with Crippen LogP contribution in [0.4, 0.5) is 4.39 Å². The zero-order chi connectivity index (χ0) is 14.2. The zero-order valence-corrected chi connectivity index (χ0v) is 11.2.